The minimum atomic E-state index is -0.325. The van der Waals surface area contributed by atoms with Gasteiger partial charge in [-0.15, -0.1) is 0 Å². The molecule has 1 unspecified atom stereocenters. The average Bonchev–Trinajstić information content (AvgIpc) is 2.94. The van der Waals surface area contributed by atoms with E-state index in [9.17, 15) is 4.79 Å². The van der Waals surface area contributed by atoms with Crippen LogP contribution in [0, 0.1) is 0 Å². The summed E-state index contributed by atoms with van der Waals surface area (Å²) in [6, 6.07) is 25.3. The van der Waals surface area contributed by atoms with Crippen LogP contribution < -0.4 is 5.32 Å². The van der Waals surface area contributed by atoms with Crippen molar-refractivity contribution in [3.8, 4) is 11.1 Å². The molecule has 0 aliphatic heterocycles. The fourth-order valence-corrected chi connectivity index (χ4v) is 4.85. The van der Waals surface area contributed by atoms with Gasteiger partial charge in [0, 0.05) is 5.92 Å². The minimum Gasteiger partial charge on any atom is -0.449 e. The number of fused-ring (bicyclic) bond motifs is 4. The van der Waals surface area contributed by atoms with E-state index in [1.54, 1.807) is 0 Å². The number of carbonyl (C=O) groups is 1. The first kappa shape index (κ1) is 18.0. The molecule has 29 heavy (non-hydrogen) atoms. The Morgan fingerprint density at radius 1 is 0.828 bits per heavy atom. The number of hydrogen-bond donors (Lipinski definition) is 1. The summed E-state index contributed by atoms with van der Waals surface area (Å²) in [5, 5.41) is 3.13. The van der Waals surface area contributed by atoms with E-state index in [2.05, 4.69) is 78.1 Å². The monoisotopic (exact) mass is 383 g/mol. The van der Waals surface area contributed by atoms with E-state index in [1.807, 2.05) is 0 Å². The molecule has 1 atom stereocenters. The predicted octanol–water partition coefficient (Wildman–Crippen LogP) is 5.99. The largest absolute Gasteiger partial charge is 0.449 e. The fourth-order valence-electron chi connectivity index (χ4n) is 4.85. The molecule has 5 rings (SSSR count). The smallest absolute Gasteiger partial charge is 0.407 e. The maximum absolute atomic E-state index is 12.7. The molecule has 0 bridgehead atoms. The second-order valence-electron chi connectivity index (χ2n) is 7.97. The molecule has 3 nitrogen and oxygen atoms in total. The Morgan fingerprint density at radius 2 is 1.45 bits per heavy atom. The van der Waals surface area contributed by atoms with Crippen LogP contribution in [0.3, 0.4) is 0 Å². The molecule has 0 fully saturated rings. The predicted molar refractivity (Wildman–Crippen MR) is 115 cm³/mol. The molecule has 3 aromatic carbocycles. The molecule has 3 aromatic rings. The van der Waals surface area contributed by atoms with Gasteiger partial charge in [0.1, 0.15) is 6.61 Å². The van der Waals surface area contributed by atoms with Crippen LogP contribution in [0.4, 0.5) is 4.79 Å². The highest BCUT2D eigenvalue weighted by atomic mass is 16.5. The SMILES string of the molecule is O=C(NC1CCCCc2ccccc21)OCC1c2ccccc2-c2ccccc21. The van der Waals surface area contributed by atoms with Crippen molar-refractivity contribution in [3.63, 3.8) is 0 Å². The van der Waals surface area contributed by atoms with Gasteiger partial charge in [-0.05, 0) is 52.6 Å². The topological polar surface area (TPSA) is 38.3 Å². The molecular formula is C26H25NO2. The molecule has 0 saturated heterocycles. The van der Waals surface area contributed by atoms with Crippen LogP contribution in [-0.4, -0.2) is 12.7 Å². The van der Waals surface area contributed by atoms with E-state index in [1.165, 1.54) is 39.8 Å². The van der Waals surface area contributed by atoms with Gasteiger partial charge in [-0.25, -0.2) is 4.79 Å². The maximum Gasteiger partial charge on any atom is 0.407 e. The zero-order valence-electron chi connectivity index (χ0n) is 16.4. The van der Waals surface area contributed by atoms with Gasteiger partial charge >= 0.3 is 6.09 Å². The summed E-state index contributed by atoms with van der Waals surface area (Å²) >= 11 is 0. The zero-order valence-corrected chi connectivity index (χ0v) is 16.4. The van der Waals surface area contributed by atoms with E-state index in [0.717, 1.165) is 19.3 Å². The Bertz CT molecular complexity index is 997. The lowest BCUT2D eigenvalue weighted by atomic mass is 9.98. The summed E-state index contributed by atoms with van der Waals surface area (Å²) in [7, 11) is 0. The van der Waals surface area contributed by atoms with Gasteiger partial charge in [-0.1, -0.05) is 79.2 Å². The quantitative estimate of drug-likeness (QED) is 0.564. The number of hydrogen-bond acceptors (Lipinski definition) is 2. The van der Waals surface area contributed by atoms with E-state index in [0.29, 0.717) is 6.61 Å². The molecule has 2 aliphatic rings. The van der Waals surface area contributed by atoms with Crippen molar-refractivity contribution in [2.45, 2.75) is 37.6 Å². The Balaban J connectivity index is 1.31. The number of amides is 1. The normalized spacial score (nSPS) is 17.6. The second kappa shape index (κ2) is 7.75. The molecule has 146 valence electrons. The summed E-state index contributed by atoms with van der Waals surface area (Å²) in [5.41, 5.74) is 7.54. The average molecular weight is 383 g/mol. The van der Waals surface area contributed by atoms with E-state index < -0.39 is 0 Å². The first-order valence-corrected chi connectivity index (χ1v) is 10.5. The van der Waals surface area contributed by atoms with E-state index >= 15 is 0 Å². The molecule has 1 amide bonds. The van der Waals surface area contributed by atoms with Crippen LogP contribution in [0.15, 0.2) is 72.8 Å². The Kier molecular flexibility index (Phi) is 4.81. The van der Waals surface area contributed by atoms with Crippen LogP contribution in [-0.2, 0) is 11.2 Å². The fraction of sp³-hybridized carbons (Fsp3) is 0.269. The molecule has 0 heterocycles. The number of ether oxygens (including phenoxy) is 1. The van der Waals surface area contributed by atoms with Crippen LogP contribution >= 0.6 is 0 Å². The van der Waals surface area contributed by atoms with Crippen molar-refractivity contribution in [2.75, 3.05) is 6.61 Å². The standard InChI is InChI=1S/C26H25NO2/c28-26(27-25-16-8-2-10-18-9-1-3-11-19(18)25)29-17-24-22-14-6-4-12-20(22)21-13-5-7-15-23(21)24/h1,3-7,9,11-15,24-25H,2,8,10,16-17H2,(H,27,28). The van der Waals surface area contributed by atoms with Crippen LogP contribution in [0.2, 0.25) is 0 Å². The first-order valence-electron chi connectivity index (χ1n) is 10.5. The zero-order chi connectivity index (χ0) is 19.6. The van der Waals surface area contributed by atoms with E-state index in [4.69, 9.17) is 4.74 Å². The summed E-state index contributed by atoms with van der Waals surface area (Å²) in [6.07, 6.45) is 4.00. The van der Waals surface area contributed by atoms with Gasteiger partial charge in [0.05, 0.1) is 6.04 Å². The highest BCUT2D eigenvalue weighted by molar-refractivity contribution is 5.79. The number of nitrogens with one attached hydrogen (secondary N) is 1. The third kappa shape index (κ3) is 3.42. The lowest BCUT2D eigenvalue weighted by molar-refractivity contribution is 0.138. The summed E-state index contributed by atoms with van der Waals surface area (Å²) in [4.78, 5) is 12.7. The molecule has 0 aromatic heterocycles. The third-order valence-electron chi connectivity index (χ3n) is 6.26. The van der Waals surface area contributed by atoms with Gasteiger partial charge in [0.25, 0.3) is 0 Å². The summed E-state index contributed by atoms with van der Waals surface area (Å²) < 4.78 is 5.75. The third-order valence-corrected chi connectivity index (χ3v) is 6.26. The van der Waals surface area contributed by atoms with Crippen molar-refractivity contribution >= 4 is 6.09 Å². The number of alkyl carbamates (subject to hydrolysis) is 1. The number of aryl methyl sites for hydroxylation is 1. The molecule has 0 radical (unpaired) electrons. The lowest BCUT2D eigenvalue weighted by Crippen LogP contribution is -2.30. The second-order valence-corrected chi connectivity index (χ2v) is 7.97. The highest BCUT2D eigenvalue weighted by Crippen LogP contribution is 2.44. The Morgan fingerprint density at radius 3 is 2.17 bits per heavy atom. The Hall–Kier alpha value is -3.07. The van der Waals surface area contributed by atoms with Crippen LogP contribution in [0.25, 0.3) is 11.1 Å². The molecule has 0 saturated carbocycles. The van der Waals surface area contributed by atoms with Crippen molar-refractivity contribution in [3.05, 3.63) is 95.1 Å². The van der Waals surface area contributed by atoms with Crippen molar-refractivity contribution < 1.29 is 9.53 Å². The highest BCUT2D eigenvalue weighted by Gasteiger charge is 2.29. The van der Waals surface area contributed by atoms with E-state index in [-0.39, 0.29) is 18.1 Å². The lowest BCUT2D eigenvalue weighted by Gasteiger charge is -2.20. The van der Waals surface area contributed by atoms with Crippen molar-refractivity contribution in [2.24, 2.45) is 0 Å². The van der Waals surface area contributed by atoms with Gasteiger partial charge in [-0.3, -0.25) is 0 Å². The minimum absolute atomic E-state index is 0.0318. The van der Waals surface area contributed by atoms with Gasteiger partial charge < -0.3 is 10.1 Å². The number of carbonyl (C=O) groups excluding carboxylic acids is 1. The van der Waals surface area contributed by atoms with Crippen LogP contribution in [0.1, 0.15) is 53.5 Å². The molecular weight excluding hydrogens is 358 g/mol. The summed E-state index contributed by atoms with van der Waals surface area (Å²) in [6.45, 7) is 0.355. The van der Waals surface area contributed by atoms with Gasteiger partial charge in [0.15, 0.2) is 0 Å². The first-order chi connectivity index (χ1) is 14.3. The Labute approximate surface area is 171 Å². The molecule has 2 aliphatic carbocycles. The molecule has 3 heteroatoms. The molecule has 0 spiro atoms. The van der Waals surface area contributed by atoms with Gasteiger partial charge in [0.2, 0.25) is 0 Å². The number of rotatable bonds is 3. The number of benzene rings is 3. The van der Waals surface area contributed by atoms with Crippen LogP contribution in [0.5, 0.6) is 0 Å². The molecule has 1 N–H and O–H groups in total. The maximum atomic E-state index is 12.7. The summed E-state index contributed by atoms with van der Waals surface area (Å²) in [5.74, 6) is 0.0922. The van der Waals surface area contributed by atoms with Gasteiger partial charge in [-0.2, -0.15) is 0 Å². The van der Waals surface area contributed by atoms with Crippen molar-refractivity contribution in [1.29, 1.82) is 0 Å². The van der Waals surface area contributed by atoms with Crippen molar-refractivity contribution in [1.82, 2.24) is 5.32 Å².